The highest BCUT2D eigenvalue weighted by atomic mass is 32.2. The Labute approximate surface area is 216 Å². The van der Waals surface area contributed by atoms with Gasteiger partial charge in [-0.3, -0.25) is 14.7 Å². The fraction of sp³-hybridized carbons (Fsp3) is 0.240. The lowest BCUT2D eigenvalue weighted by Gasteiger charge is -2.31. The largest absolute Gasteiger partial charge is 0.355 e. The zero-order chi connectivity index (χ0) is 26.6. The van der Waals surface area contributed by atoms with Crippen molar-refractivity contribution < 1.29 is 16.8 Å². The average Bonchev–Trinajstić information content (AvgIpc) is 2.88. The van der Waals surface area contributed by atoms with Gasteiger partial charge in [-0.25, -0.2) is 27.0 Å². The molecule has 0 spiro atoms. The minimum absolute atomic E-state index is 0.0395. The Balaban J connectivity index is 1.58. The molecule has 3 heterocycles. The third-order valence-corrected chi connectivity index (χ3v) is 8.88. The Morgan fingerprint density at radius 3 is 2.51 bits per heavy atom. The van der Waals surface area contributed by atoms with Crippen LogP contribution in [0.25, 0.3) is 22.2 Å². The number of anilines is 2. The molecule has 1 aliphatic heterocycles. The summed E-state index contributed by atoms with van der Waals surface area (Å²) in [6, 6.07) is 7.25. The molecular weight excluding hydrogens is 512 g/mol. The third kappa shape index (κ3) is 6.21. The lowest BCUT2D eigenvalue weighted by molar-refractivity contribution is 0.529. The Morgan fingerprint density at radius 2 is 1.84 bits per heavy atom. The van der Waals surface area contributed by atoms with Gasteiger partial charge < -0.3 is 4.90 Å². The number of sulfonamides is 2. The molecule has 0 amide bonds. The Morgan fingerprint density at radius 1 is 1.08 bits per heavy atom. The number of nitrogens with two attached hydrogens (primary N) is 1. The van der Waals surface area contributed by atoms with Gasteiger partial charge >= 0.3 is 0 Å². The van der Waals surface area contributed by atoms with E-state index in [1.807, 2.05) is 23.1 Å². The molecule has 1 saturated heterocycles. The quantitative estimate of drug-likeness (QED) is 0.413. The van der Waals surface area contributed by atoms with Gasteiger partial charge in [0.15, 0.2) is 0 Å². The molecule has 3 aromatic rings. The highest BCUT2D eigenvalue weighted by Crippen LogP contribution is 2.27. The van der Waals surface area contributed by atoms with Gasteiger partial charge in [0, 0.05) is 24.8 Å². The van der Waals surface area contributed by atoms with Crippen LogP contribution in [-0.4, -0.2) is 50.1 Å². The van der Waals surface area contributed by atoms with E-state index >= 15 is 0 Å². The molecular formula is C25H28N6O4S2. The standard InChI is InChI=1S/C25H28N6O4S2/c1-3-5-6-21(4-2)37(34,35)30-20-13-19(15-27-16-20)18-7-8-23-24(14-18)29-25(17-28-23)31-11-9-22(10-12-31)36(26,32)33/h3-8,13-17,22,30H,2,9-12H2,1H3,(H2,26,32,33)/b5-3-,21-6-. The summed E-state index contributed by atoms with van der Waals surface area (Å²) < 4.78 is 51.3. The van der Waals surface area contributed by atoms with Crippen LogP contribution in [0.3, 0.4) is 0 Å². The van der Waals surface area contributed by atoms with Crippen molar-refractivity contribution in [2.45, 2.75) is 25.0 Å². The number of aromatic nitrogens is 3. The summed E-state index contributed by atoms with van der Waals surface area (Å²) >= 11 is 0. The van der Waals surface area contributed by atoms with Crippen LogP contribution in [0.15, 0.2) is 78.6 Å². The zero-order valence-corrected chi connectivity index (χ0v) is 21.9. The molecule has 0 bridgehead atoms. The highest BCUT2D eigenvalue weighted by Gasteiger charge is 2.28. The number of piperidine rings is 1. The van der Waals surface area contributed by atoms with Crippen LogP contribution in [-0.2, 0) is 20.0 Å². The minimum Gasteiger partial charge on any atom is -0.355 e. The second-order valence-corrected chi connectivity index (χ2v) is 12.1. The van der Waals surface area contributed by atoms with Gasteiger partial charge in [0.1, 0.15) is 5.82 Å². The van der Waals surface area contributed by atoms with Gasteiger partial charge in [-0.05, 0) is 55.7 Å². The van der Waals surface area contributed by atoms with Gasteiger partial charge in [0.25, 0.3) is 10.0 Å². The van der Waals surface area contributed by atoms with E-state index in [0.717, 1.165) is 5.56 Å². The molecule has 1 fully saturated rings. The lowest BCUT2D eigenvalue weighted by Crippen LogP contribution is -2.42. The van der Waals surface area contributed by atoms with E-state index in [2.05, 4.69) is 21.3 Å². The molecule has 12 heteroatoms. The molecule has 1 aromatic carbocycles. The fourth-order valence-corrected chi connectivity index (χ4v) is 5.96. The average molecular weight is 541 g/mol. The number of nitrogens with zero attached hydrogens (tertiary/aromatic N) is 4. The summed E-state index contributed by atoms with van der Waals surface area (Å²) in [6.07, 6.45) is 11.7. The van der Waals surface area contributed by atoms with Crippen molar-refractivity contribution in [1.29, 1.82) is 0 Å². The van der Waals surface area contributed by atoms with Crippen molar-refractivity contribution in [3.05, 3.63) is 78.6 Å². The van der Waals surface area contributed by atoms with Crippen molar-refractivity contribution in [2.24, 2.45) is 5.14 Å². The second kappa shape index (κ2) is 10.8. The van der Waals surface area contributed by atoms with Gasteiger partial charge in [-0.15, -0.1) is 0 Å². The predicted octanol–water partition coefficient (Wildman–Crippen LogP) is 3.34. The summed E-state index contributed by atoms with van der Waals surface area (Å²) in [5.74, 6) is 0.655. The second-order valence-electron chi connectivity index (χ2n) is 8.57. The Hall–Kier alpha value is -3.61. The molecule has 37 heavy (non-hydrogen) atoms. The molecule has 4 rings (SSSR count). The number of rotatable bonds is 8. The maximum absolute atomic E-state index is 12.7. The van der Waals surface area contributed by atoms with Crippen LogP contribution < -0.4 is 14.8 Å². The number of nitrogens with one attached hydrogen (secondary N) is 1. The Kier molecular flexibility index (Phi) is 7.71. The number of benzene rings is 1. The first-order chi connectivity index (χ1) is 17.6. The van der Waals surface area contributed by atoms with Crippen LogP contribution in [0, 0.1) is 0 Å². The first-order valence-corrected chi connectivity index (χ1v) is 14.7. The van der Waals surface area contributed by atoms with Gasteiger partial charge in [0.2, 0.25) is 10.0 Å². The maximum Gasteiger partial charge on any atom is 0.261 e. The summed E-state index contributed by atoms with van der Waals surface area (Å²) in [7, 11) is -7.38. The van der Waals surface area contributed by atoms with E-state index in [-0.39, 0.29) is 4.91 Å². The van der Waals surface area contributed by atoms with Crippen molar-refractivity contribution in [3.8, 4) is 11.1 Å². The first-order valence-electron chi connectivity index (χ1n) is 11.6. The van der Waals surface area contributed by atoms with Crippen LogP contribution in [0.2, 0.25) is 0 Å². The van der Waals surface area contributed by atoms with Gasteiger partial charge in [-0.2, -0.15) is 0 Å². The molecule has 3 N–H and O–H groups in total. The summed E-state index contributed by atoms with van der Waals surface area (Å²) in [5.41, 5.74) is 3.14. The molecule has 1 aliphatic rings. The normalized spacial score (nSPS) is 15.8. The lowest BCUT2D eigenvalue weighted by atomic mass is 10.1. The molecule has 194 valence electrons. The first kappa shape index (κ1) is 26.5. The van der Waals surface area contributed by atoms with E-state index in [1.54, 1.807) is 37.5 Å². The topological polar surface area (TPSA) is 148 Å². The number of primary sulfonamides is 1. The van der Waals surface area contributed by atoms with Crippen molar-refractivity contribution >= 4 is 42.6 Å². The number of allylic oxidation sites excluding steroid dienone is 4. The molecule has 0 aliphatic carbocycles. The smallest absolute Gasteiger partial charge is 0.261 e. The van der Waals surface area contributed by atoms with Crippen molar-refractivity contribution in [3.63, 3.8) is 0 Å². The molecule has 0 radical (unpaired) electrons. The summed E-state index contributed by atoms with van der Waals surface area (Å²) in [4.78, 5) is 15.5. The SMILES string of the molecule is C=C/C(=C/C=C\C)S(=O)(=O)Nc1cncc(-c2ccc3ncc(N4CCC(S(N)(=O)=O)CC4)nc3c2)c1. The number of fused-ring (bicyclic) bond motifs is 1. The van der Waals surface area contributed by atoms with Gasteiger partial charge in [0.05, 0.1) is 39.3 Å². The van der Waals surface area contributed by atoms with E-state index in [4.69, 9.17) is 10.1 Å². The van der Waals surface area contributed by atoms with E-state index < -0.39 is 25.3 Å². The fourth-order valence-electron chi connectivity index (χ4n) is 4.07. The Bertz CT molecular complexity index is 1590. The van der Waals surface area contributed by atoms with Crippen molar-refractivity contribution in [1.82, 2.24) is 15.0 Å². The van der Waals surface area contributed by atoms with Crippen LogP contribution in [0.1, 0.15) is 19.8 Å². The van der Waals surface area contributed by atoms with E-state index in [9.17, 15) is 16.8 Å². The predicted molar refractivity (Wildman–Crippen MR) is 147 cm³/mol. The van der Waals surface area contributed by atoms with Crippen LogP contribution in [0.5, 0.6) is 0 Å². The molecule has 10 nitrogen and oxygen atoms in total. The zero-order valence-electron chi connectivity index (χ0n) is 20.3. The number of pyridine rings is 1. The molecule has 0 atom stereocenters. The van der Waals surface area contributed by atoms with Gasteiger partial charge in [-0.1, -0.05) is 24.8 Å². The summed E-state index contributed by atoms with van der Waals surface area (Å²) in [5, 5.41) is 4.76. The molecule has 0 unspecified atom stereocenters. The van der Waals surface area contributed by atoms with Crippen LogP contribution >= 0.6 is 0 Å². The maximum atomic E-state index is 12.7. The van der Waals surface area contributed by atoms with E-state index in [0.29, 0.717) is 54.0 Å². The molecule has 0 saturated carbocycles. The summed E-state index contributed by atoms with van der Waals surface area (Å²) in [6.45, 7) is 6.41. The van der Waals surface area contributed by atoms with Crippen LogP contribution in [0.4, 0.5) is 11.5 Å². The number of hydrogen-bond acceptors (Lipinski definition) is 8. The van der Waals surface area contributed by atoms with E-state index in [1.165, 1.54) is 18.3 Å². The van der Waals surface area contributed by atoms with Crippen molar-refractivity contribution in [2.75, 3.05) is 22.7 Å². The monoisotopic (exact) mass is 540 g/mol. The minimum atomic E-state index is -3.83. The number of hydrogen-bond donors (Lipinski definition) is 2. The third-order valence-electron chi connectivity index (χ3n) is 6.05. The highest BCUT2D eigenvalue weighted by molar-refractivity contribution is 7.96. The molecule has 2 aromatic heterocycles.